The van der Waals surface area contributed by atoms with Crippen molar-refractivity contribution in [3.63, 3.8) is 0 Å². The van der Waals surface area contributed by atoms with Crippen LogP contribution in [0, 0.1) is 0 Å². The highest BCUT2D eigenvalue weighted by Crippen LogP contribution is 2.78. The van der Waals surface area contributed by atoms with Crippen molar-refractivity contribution in [2.24, 2.45) is 13.5 Å². The first-order chi connectivity index (χ1) is 31.4. The number of benzene rings is 6. The first-order valence-corrected chi connectivity index (χ1v) is 25.7. The van der Waals surface area contributed by atoms with Crippen LogP contribution in [-0.2, 0) is 0 Å². The third-order valence-corrected chi connectivity index (χ3v) is 18.3. The number of anilines is 6. The molecular weight excluding hydrogens is 892 g/mol. The average molecular weight is 952 g/mol. The number of hydrogen-bond donors (Lipinski definition) is 0. The van der Waals surface area contributed by atoms with Crippen LogP contribution >= 0.6 is 23.0 Å². The lowest BCUT2D eigenvalue weighted by Gasteiger charge is -2.33. The molecule has 348 valence electrons. The van der Waals surface area contributed by atoms with Gasteiger partial charge in [-0.15, -0.1) is 0 Å². The second-order valence-corrected chi connectivity index (χ2v) is 22.8. The lowest BCUT2D eigenvalue weighted by Crippen LogP contribution is -2.12. The summed E-state index contributed by atoms with van der Waals surface area (Å²) in [5.41, 5.74) is 5.80. The van der Waals surface area contributed by atoms with E-state index < -0.39 is 23.0 Å². The molecule has 1 aliphatic heterocycles. The van der Waals surface area contributed by atoms with E-state index >= 15 is 0 Å². The predicted molar refractivity (Wildman–Crippen MR) is 276 cm³/mol. The zero-order valence-corrected chi connectivity index (χ0v) is 42.4. The van der Waals surface area contributed by atoms with Crippen molar-refractivity contribution in [2.75, 3.05) is 114 Å². The van der Waals surface area contributed by atoms with E-state index in [1.807, 2.05) is 260 Å². The molecule has 0 fully saturated rings. The topological polar surface area (TPSA) is 112 Å². The zero-order valence-electron chi connectivity index (χ0n) is 39.7. The van der Waals surface area contributed by atoms with E-state index in [9.17, 15) is 0 Å². The minimum atomic E-state index is -4.11. The molecule has 0 atom stereocenters. The van der Waals surface area contributed by atoms with Crippen molar-refractivity contribution in [2.45, 2.75) is 0 Å². The summed E-state index contributed by atoms with van der Waals surface area (Å²) in [6.45, 7) is 0. The predicted octanol–water partition coefficient (Wildman–Crippen LogP) is 12.7. The third kappa shape index (κ3) is 11.7. The van der Waals surface area contributed by atoms with E-state index in [1.165, 1.54) is 0 Å². The van der Waals surface area contributed by atoms with E-state index in [1.54, 1.807) is 0 Å². The van der Waals surface area contributed by atoms with Crippen molar-refractivity contribution < 1.29 is 27.1 Å². The highest BCUT2D eigenvalue weighted by Gasteiger charge is 2.49. The van der Waals surface area contributed by atoms with Gasteiger partial charge in [0.25, 0.3) is 0 Å². The standard InChI is InChI=1S/C48H60N9O6P3/c1-52(2)37-13-25-43(26-14-37)58-64(59-44-27-15-38(16-28-44)53(3)4)49-65(60-45-29-17-39(18-30-45)54(5)6,61-46-31-19-40(20-32-46)55(7)8)51-66(50-64,62-47-33-21-41(22-34-47)56(9)10)63-48-35-23-42(24-36-48)57(11)12/h13-36H,1-12H3. The van der Waals surface area contributed by atoms with Gasteiger partial charge in [-0.25, -0.2) is 0 Å². The quantitative estimate of drug-likeness (QED) is 0.0765. The van der Waals surface area contributed by atoms with Crippen LogP contribution in [0.4, 0.5) is 34.1 Å². The summed E-state index contributed by atoms with van der Waals surface area (Å²) in [4.78, 5) is 12.1. The first-order valence-electron chi connectivity index (χ1n) is 21.2. The number of nitrogens with zero attached hydrogens (tertiary/aromatic N) is 9. The molecule has 0 radical (unpaired) electrons. The highest BCUT2D eigenvalue weighted by atomic mass is 31.3. The number of rotatable bonds is 18. The molecule has 0 spiro atoms. The monoisotopic (exact) mass is 951 g/mol. The molecule has 1 heterocycles. The van der Waals surface area contributed by atoms with Gasteiger partial charge in [0.05, 0.1) is 0 Å². The fraction of sp³-hybridized carbons (Fsp3) is 0.250. The molecule has 15 nitrogen and oxygen atoms in total. The second kappa shape index (κ2) is 20.0. The van der Waals surface area contributed by atoms with E-state index in [2.05, 4.69) is 0 Å². The Balaban J connectivity index is 1.57. The normalized spacial score (nSPS) is 14.2. The van der Waals surface area contributed by atoms with Gasteiger partial charge in [-0.3, -0.25) is 0 Å². The summed E-state index contributed by atoms with van der Waals surface area (Å²) in [7, 11) is 11.4. The van der Waals surface area contributed by atoms with Crippen molar-refractivity contribution >= 4 is 57.1 Å². The molecule has 6 aromatic carbocycles. The largest absolute Gasteiger partial charge is 0.460 e. The van der Waals surface area contributed by atoms with Gasteiger partial charge in [-0.05, 0) is 146 Å². The molecule has 6 aromatic rings. The Kier molecular flexibility index (Phi) is 14.4. The Morgan fingerprint density at radius 2 is 0.348 bits per heavy atom. The lowest BCUT2D eigenvalue weighted by atomic mass is 10.3. The molecule has 0 saturated carbocycles. The maximum Gasteiger partial charge on any atom is 0.460 e. The van der Waals surface area contributed by atoms with Crippen molar-refractivity contribution in [3.05, 3.63) is 146 Å². The van der Waals surface area contributed by atoms with Gasteiger partial charge in [0, 0.05) is 119 Å². The van der Waals surface area contributed by atoms with E-state index in [4.69, 9.17) is 40.7 Å². The molecule has 0 amide bonds. The van der Waals surface area contributed by atoms with Crippen LogP contribution in [0.15, 0.2) is 159 Å². The fourth-order valence-electron chi connectivity index (χ4n) is 6.41. The van der Waals surface area contributed by atoms with Gasteiger partial charge in [0.1, 0.15) is 34.5 Å². The molecule has 0 unspecified atom stereocenters. The highest BCUT2D eigenvalue weighted by molar-refractivity contribution is 7.79. The van der Waals surface area contributed by atoms with E-state index in [-0.39, 0.29) is 0 Å². The maximum atomic E-state index is 7.10. The van der Waals surface area contributed by atoms with Crippen molar-refractivity contribution in [1.29, 1.82) is 0 Å². The Morgan fingerprint density at radius 3 is 0.455 bits per heavy atom. The summed E-state index contributed by atoms with van der Waals surface area (Å²) in [5.74, 6) is 2.59. The Labute approximate surface area is 390 Å². The number of hydrogen-bond acceptors (Lipinski definition) is 15. The fourth-order valence-corrected chi connectivity index (χ4v) is 15.5. The van der Waals surface area contributed by atoms with Crippen LogP contribution in [0.2, 0.25) is 0 Å². The maximum absolute atomic E-state index is 7.10. The summed E-state index contributed by atoms with van der Waals surface area (Å²) in [5, 5.41) is 0. The first kappa shape index (κ1) is 47.6. The van der Waals surface area contributed by atoms with E-state index in [0.29, 0.717) is 34.5 Å². The molecule has 0 saturated heterocycles. The van der Waals surface area contributed by atoms with Gasteiger partial charge >= 0.3 is 23.0 Å². The summed E-state index contributed by atoms with van der Waals surface area (Å²) < 4.78 is 58.9. The van der Waals surface area contributed by atoms with Crippen LogP contribution in [0.3, 0.4) is 0 Å². The zero-order chi connectivity index (χ0) is 47.2. The summed E-state index contributed by atoms with van der Waals surface area (Å²) in [6, 6.07) is 45.7. The molecule has 1 aliphatic rings. The summed E-state index contributed by atoms with van der Waals surface area (Å²) >= 11 is 0. The smallest absolute Gasteiger partial charge is 0.413 e. The van der Waals surface area contributed by atoms with Crippen LogP contribution in [0.25, 0.3) is 0 Å². The lowest BCUT2D eigenvalue weighted by molar-refractivity contribution is 0.443. The van der Waals surface area contributed by atoms with E-state index in [0.717, 1.165) is 34.1 Å². The molecule has 0 N–H and O–H groups in total. The minimum absolute atomic E-state index is 0.431. The molecular formula is C48H60N9O6P3. The molecule has 0 aromatic heterocycles. The van der Waals surface area contributed by atoms with Gasteiger partial charge < -0.3 is 56.5 Å². The van der Waals surface area contributed by atoms with Gasteiger partial charge in [0.2, 0.25) is 0 Å². The third-order valence-electron chi connectivity index (χ3n) is 10.1. The van der Waals surface area contributed by atoms with Gasteiger partial charge in [0.15, 0.2) is 0 Å². The van der Waals surface area contributed by atoms with Crippen LogP contribution < -0.4 is 56.5 Å². The molecule has 66 heavy (non-hydrogen) atoms. The Hall–Kier alpha value is -6.39. The van der Waals surface area contributed by atoms with Crippen LogP contribution in [-0.4, -0.2) is 84.6 Å². The van der Waals surface area contributed by atoms with Crippen LogP contribution in [0.5, 0.6) is 34.5 Å². The SMILES string of the molecule is CN(C)c1ccc(OP2(Oc3ccc(N(C)C)cc3)=NP(Oc3ccc(N(C)C)cc3)(Oc3ccc(N(C)C)cc3)=NP(Oc3ccc(N(C)C)cc3)(Oc3ccc(N(C)C)cc3)=N2)cc1. The molecule has 0 aliphatic carbocycles. The van der Waals surface area contributed by atoms with Crippen molar-refractivity contribution in [3.8, 4) is 34.5 Å². The molecule has 0 bridgehead atoms. The van der Waals surface area contributed by atoms with Gasteiger partial charge in [-0.1, -0.05) is 13.5 Å². The molecule has 7 rings (SSSR count). The Bertz CT molecular complexity index is 2240. The summed E-state index contributed by atoms with van der Waals surface area (Å²) in [6.07, 6.45) is 0. The Morgan fingerprint density at radius 1 is 0.227 bits per heavy atom. The van der Waals surface area contributed by atoms with Crippen molar-refractivity contribution in [1.82, 2.24) is 0 Å². The second-order valence-electron chi connectivity index (χ2n) is 16.6. The average Bonchev–Trinajstić information content (AvgIpc) is 3.27. The minimum Gasteiger partial charge on any atom is -0.413 e. The van der Waals surface area contributed by atoms with Gasteiger partial charge in [-0.2, -0.15) is 0 Å². The van der Waals surface area contributed by atoms with Crippen LogP contribution in [0.1, 0.15) is 0 Å². The molecule has 18 heteroatoms.